The van der Waals surface area contributed by atoms with E-state index in [0.717, 1.165) is 10.6 Å². The fraction of sp³-hybridized carbons (Fsp3) is 0.353. The first-order chi connectivity index (χ1) is 11.9. The number of hydrogen-bond acceptors (Lipinski definition) is 4. The fourth-order valence-corrected chi connectivity index (χ4v) is 3.74. The van der Waals surface area contributed by atoms with Crippen molar-refractivity contribution in [3.05, 3.63) is 45.4 Å². The minimum Gasteiger partial charge on any atom is -0.336 e. The monoisotopic (exact) mass is 378 g/mol. The third kappa shape index (κ3) is 4.29. The molecule has 0 radical (unpaired) electrons. The van der Waals surface area contributed by atoms with Crippen LogP contribution >= 0.6 is 22.9 Å². The Balaban J connectivity index is 1.68. The number of nitrogens with one attached hydrogen (secondary N) is 2. The van der Waals surface area contributed by atoms with Crippen molar-refractivity contribution >= 4 is 40.0 Å². The fourth-order valence-electron chi connectivity index (χ4n) is 2.59. The zero-order valence-corrected chi connectivity index (χ0v) is 15.6. The Morgan fingerprint density at radius 3 is 2.68 bits per heavy atom. The minimum absolute atomic E-state index is 0.0252. The number of hydrogen-bond donors (Lipinski definition) is 2. The van der Waals surface area contributed by atoms with Crippen molar-refractivity contribution in [1.29, 1.82) is 0 Å². The van der Waals surface area contributed by atoms with E-state index in [-0.39, 0.29) is 18.0 Å². The molecule has 0 saturated heterocycles. The van der Waals surface area contributed by atoms with E-state index >= 15 is 0 Å². The lowest BCUT2D eigenvalue weighted by molar-refractivity contribution is 0.0736. The summed E-state index contributed by atoms with van der Waals surface area (Å²) in [5.41, 5.74) is 1.57. The second-order valence-electron chi connectivity index (χ2n) is 6.13. The largest absolute Gasteiger partial charge is 0.336 e. The van der Waals surface area contributed by atoms with E-state index in [1.807, 2.05) is 13.8 Å². The molecular formula is C17H19ClN4O2S. The predicted octanol–water partition coefficient (Wildman–Crippen LogP) is 3.52. The molecule has 8 heteroatoms. The highest BCUT2D eigenvalue weighted by Crippen LogP contribution is 2.29. The van der Waals surface area contributed by atoms with Crippen LogP contribution in [0.15, 0.2) is 24.3 Å². The number of halogens is 1. The normalized spacial score (nSPS) is 13.5. The zero-order chi connectivity index (χ0) is 18.0. The predicted molar refractivity (Wildman–Crippen MR) is 99.3 cm³/mol. The molecule has 2 N–H and O–H groups in total. The van der Waals surface area contributed by atoms with Crippen molar-refractivity contribution in [2.75, 3.05) is 11.9 Å². The van der Waals surface area contributed by atoms with Gasteiger partial charge in [-0.3, -0.25) is 10.1 Å². The minimum atomic E-state index is -0.268. The molecule has 132 valence electrons. The van der Waals surface area contributed by atoms with Crippen LogP contribution in [0, 0.1) is 0 Å². The number of carbonyl (C=O) groups is 2. The van der Waals surface area contributed by atoms with Gasteiger partial charge in [-0.25, -0.2) is 9.78 Å². The first kappa shape index (κ1) is 17.7. The van der Waals surface area contributed by atoms with E-state index in [1.165, 1.54) is 11.3 Å². The van der Waals surface area contributed by atoms with Crippen molar-refractivity contribution in [1.82, 2.24) is 15.2 Å². The van der Waals surface area contributed by atoms with Crippen molar-refractivity contribution in [3.8, 4) is 0 Å². The zero-order valence-electron chi connectivity index (χ0n) is 14.0. The van der Waals surface area contributed by atoms with Crippen molar-refractivity contribution < 1.29 is 9.59 Å². The Morgan fingerprint density at radius 1 is 1.28 bits per heavy atom. The number of benzene rings is 1. The van der Waals surface area contributed by atoms with Gasteiger partial charge in [-0.05, 0) is 38.1 Å². The lowest BCUT2D eigenvalue weighted by Crippen LogP contribution is -2.35. The van der Waals surface area contributed by atoms with Crippen LogP contribution in [0.4, 0.5) is 9.93 Å². The maximum Gasteiger partial charge on any atom is 0.321 e. The summed E-state index contributed by atoms with van der Waals surface area (Å²) >= 11 is 7.29. The summed E-state index contributed by atoms with van der Waals surface area (Å²) in [5.74, 6) is -0.0252. The first-order valence-electron chi connectivity index (χ1n) is 8.03. The van der Waals surface area contributed by atoms with Crippen molar-refractivity contribution in [2.24, 2.45) is 0 Å². The number of anilines is 1. The van der Waals surface area contributed by atoms with Crippen molar-refractivity contribution in [3.63, 3.8) is 0 Å². The summed E-state index contributed by atoms with van der Waals surface area (Å²) in [5, 5.41) is 6.68. The molecule has 1 aliphatic heterocycles. The summed E-state index contributed by atoms with van der Waals surface area (Å²) in [6.45, 7) is 4.90. The molecule has 0 saturated carbocycles. The molecule has 3 rings (SSSR count). The Labute approximate surface area is 155 Å². The lowest BCUT2D eigenvalue weighted by atomic mass is 10.1. The second-order valence-corrected chi connectivity index (χ2v) is 7.65. The summed E-state index contributed by atoms with van der Waals surface area (Å²) < 4.78 is 0. The van der Waals surface area contributed by atoms with E-state index in [9.17, 15) is 9.59 Å². The SMILES string of the molecule is CC(C)NC(=O)Nc1nc2c(s1)CN(C(=O)c1ccc(Cl)cc1)CC2. The molecule has 2 aromatic rings. The number of aromatic nitrogens is 1. The van der Waals surface area contributed by atoms with Gasteiger partial charge in [-0.15, -0.1) is 0 Å². The van der Waals surface area contributed by atoms with Gasteiger partial charge in [-0.1, -0.05) is 22.9 Å². The summed E-state index contributed by atoms with van der Waals surface area (Å²) in [6.07, 6.45) is 0.679. The number of rotatable bonds is 3. The van der Waals surface area contributed by atoms with Gasteiger partial charge >= 0.3 is 6.03 Å². The van der Waals surface area contributed by atoms with Crippen LogP contribution in [0.3, 0.4) is 0 Å². The summed E-state index contributed by atoms with van der Waals surface area (Å²) in [6, 6.07) is 6.68. The molecule has 1 aromatic heterocycles. The Bertz CT molecular complexity index is 788. The number of nitrogens with zero attached hydrogens (tertiary/aromatic N) is 2. The quantitative estimate of drug-likeness (QED) is 0.858. The molecule has 3 amide bonds. The van der Waals surface area contributed by atoms with Crippen molar-refractivity contribution in [2.45, 2.75) is 32.9 Å². The van der Waals surface area contributed by atoms with Crippen LogP contribution in [0.1, 0.15) is 34.8 Å². The van der Waals surface area contributed by atoms with E-state index in [1.54, 1.807) is 29.2 Å². The molecule has 6 nitrogen and oxygen atoms in total. The number of carbonyl (C=O) groups excluding carboxylic acids is 2. The van der Waals surface area contributed by atoms with Gasteiger partial charge in [-0.2, -0.15) is 0 Å². The lowest BCUT2D eigenvalue weighted by Gasteiger charge is -2.26. The smallest absolute Gasteiger partial charge is 0.321 e. The molecule has 0 aliphatic carbocycles. The average molecular weight is 379 g/mol. The molecule has 0 fully saturated rings. The molecule has 25 heavy (non-hydrogen) atoms. The Kier molecular flexibility index (Phi) is 5.24. The molecule has 0 unspecified atom stereocenters. The van der Waals surface area contributed by atoms with Crippen LogP contribution in [0.25, 0.3) is 0 Å². The van der Waals surface area contributed by atoms with Gasteiger partial charge in [0.05, 0.1) is 12.2 Å². The van der Waals surface area contributed by atoms with E-state index in [4.69, 9.17) is 11.6 Å². The highest BCUT2D eigenvalue weighted by atomic mass is 35.5. The first-order valence-corrected chi connectivity index (χ1v) is 9.23. The van der Waals surface area contributed by atoms with E-state index < -0.39 is 0 Å². The number of amides is 3. The van der Waals surface area contributed by atoms with E-state index in [0.29, 0.717) is 35.2 Å². The second kappa shape index (κ2) is 7.41. The molecule has 2 heterocycles. The number of fused-ring (bicyclic) bond motifs is 1. The molecule has 1 aliphatic rings. The molecule has 0 bridgehead atoms. The summed E-state index contributed by atoms with van der Waals surface area (Å²) in [7, 11) is 0. The third-order valence-corrected chi connectivity index (χ3v) is 5.00. The van der Waals surface area contributed by atoms with Gasteiger partial charge in [0.1, 0.15) is 0 Å². The average Bonchev–Trinajstić information content (AvgIpc) is 2.95. The number of thiazole rings is 1. The van der Waals surface area contributed by atoms with Crippen LogP contribution in [0.2, 0.25) is 5.02 Å². The molecular weight excluding hydrogens is 360 g/mol. The van der Waals surface area contributed by atoms with E-state index in [2.05, 4.69) is 15.6 Å². The molecule has 1 aromatic carbocycles. The standard InChI is InChI=1S/C17H19ClN4O2S/c1-10(2)19-16(24)21-17-20-13-7-8-22(9-14(13)25-17)15(23)11-3-5-12(18)6-4-11/h3-6,10H,7-9H2,1-2H3,(H2,19,20,21,24). The third-order valence-electron chi connectivity index (χ3n) is 3.75. The molecule has 0 spiro atoms. The maximum atomic E-state index is 12.6. The summed E-state index contributed by atoms with van der Waals surface area (Å²) in [4.78, 5) is 31.7. The highest BCUT2D eigenvalue weighted by molar-refractivity contribution is 7.15. The Morgan fingerprint density at radius 2 is 2.00 bits per heavy atom. The highest BCUT2D eigenvalue weighted by Gasteiger charge is 2.25. The van der Waals surface area contributed by atoms with Gasteiger partial charge < -0.3 is 10.2 Å². The van der Waals surface area contributed by atoms with Gasteiger partial charge in [0.25, 0.3) is 5.91 Å². The van der Waals surface area contributed by atoms with Gasteiger partial charge in [0.2, 0.25) is 0 Å². The van der Waals surface area contributed by atoms with Gasteiger partial charge in [0.15, 0.2) is 5.13 Å². The Hall–Kier alpha value is -2.12. The van der Waals surface area contributed by atoms with Crippen LogP contribution < -0.4 is 10.6 Å². The topological polar surface area (TPSA) is 74.3 Å². The number of urea groups is 1. The van der Waals surface area contributed by atoms with Crippen LogP contribution in [0.5, 0.6) is 0 Å². The van der Waals surface area contributed by atoms with Gasteiger partial charge in [0, 0.05) is 34.5 Å². The maximum absolute atomic E-state index is 12.6. The molecule has 0 atom stereocenters. The van der Waals surface area contributed by atoms with Crippen LogP contribution in [-0.2, 0) is 13.0 Å². The van der Waals surface area contributed by atoms with Crippen LogP contribution in [-0.4, -0.2) is 34.4 Å².